The van der Waals surface area contributed by atoms with Gasteiger partial charge in [0.15, 0.2) is 0 Å². The summed E-state index contributed by atoms with van der Waals surface area (Å²) in [6, 6.07) is 4.72. The van der Waals surface area contributed by atoms with E-state index < -0.39 is 0 Å². The highest BCUT2D eigenvalue weighted by molar-refractivity contribution is 5.70. The van der Waals surface area contributed by atoms with Crippen LogP contribution in [0.15, 0.2) is 18.2 Å². The second kappa shape index (κ2) is 6.48. The molecule has 0 aromatic heterocycles. The van der Waals surface area contributed by atoms with Crippen molar-refractivity contribution in [2.24, 2.45) is 0 Å². The number of hydrogen-bond acceptors (Lipinski definition) is 1. The van der Waals surface area contributed by atoms with Crippen LogP contribution in [0, 0.1) is 0 Å². The summed E-state index contributed by atoms with van der Waals surface area (Å²) in [5.74, 6) is 0. The molecule has 1 aromatic rings. The molecule has 1 aliphatic heterocycles. The summed E-state index contributed by atoms with van der Waals surface area (Å²) in [6.07, 6.45) is 6.84. The zero-order valence-electron chi connectivity index (χ0n) is 11.9. The van der Waals surface area contributed by atoms with Gasteiger partial charge in [-0.15, -0.1) is 0 Å². The Morgan fingerprint density at radius 1 is 1.00 bits per heavy atom. The SMILES string of the molecule is CC.CC.CN1CCc2cc3c(cc21)C=CC3. The number of anilines is 1. The van der Waals surface area contributed by atoms with Crippen molar-refractivity contribution in [3.8, 4) is 0 Å². The summed E-state index contributed by atoms with van der Waals surface area (Å²) >= 11 is 0. The van der Waals surface area contributed by atoms with Gasteiger partial charge in [0.25, 0.3) is 0 Å². The first-order valence-electron chi connectivity index (χ1n) is 6.88. The van der Waals surface area contributed by atoms with E-state index in [1.54, 1.807) is 0 Å². The Morgan fingerprint density at radius 2 is 1.71 bits per heavy atom. The van der Waals surface area contributed by atoms with Crippen LogP contribution in [0.2, 0.25) is 0 Å². The van der Waals surface area contributed by atoms with Crippen LogP contribution < -0.4 is 4.90 Å². The first-order valence-corrected chi connectivity index (χ1v) is 6.88. The van der Waals surface area contributed by atoms with Crippen LogP contribution in [-0.4, -0.2) is 13.6 Å². The van der Waals surface area contributed by atoms with E-state index in [0.717, 1.165) is 6.42 Å². The minimum Gasteiger partial charge on any atom is -0.374 e. The third kappa shape index (κ3) is 2.71. The number of hydrogen-bond donors (Lipinski definition) is 0. The van der Waals surface area contributed by atoms with Crippen molar-refractivity contribution in [3.63, 3.8) is 0 Å². The summed E-state index contributed by atoms with van der Waals surface area (Å²) in [5.41, 5.74) is 5.90. The topological polar surface area (TPSA) is 3.24 Å². The van der Waals surface area contributed by atoms with Crippen LogP contribution in [0.5, 0.6) is 0 Å². The maximum absolute atomic E-state index is 2.38. The zero-order chi connectivity index (χ0) is 12.8. The van der Waals surface area contributed by atoms with Crippen molar-refractivity contribution in [2.75, 3.05) is 18.5 Å². The van der Waals surface area contributed by atoms with Gasteiger partial charge in [0.05, 0.1) is 0 Å². The lowest BCUT2D eigenvalue weighted by atomic mass is 10.0. The molecule has 1 heteroatoms. The van der Waals surface area contributed by atoms with Crippen LogP contribution in [-0.2, 0) is 12.8 Å². The number of fused-ring (bicyclic) bond motifs is 2. The van der Waals surface area contributed by atoms with Crippen LogP contribution in [0.1, 0.15) is 44.4 Å². The first kappa shape index (κ1) is 13.8. The Morgan fingerprint density at radius 3 is 2.41 bits per heavy atom. The second-order valence-corrected chi connectivity index (χ2v) is 3.96. The van der Waals surface area contributed by atoms with Gasteiger partial charge in [-0.2, -0.15) is 0 Å². The number of likely N-dealkylation sites (N-methyl/N-ethyl adjacent to an activating group) is 1. The van der Waals surface area contributed by atoms with Crippen molar-refractivity contribution in [1.82, 2.24) is 0 Å². The fraction of sp³-hybridized carbons (Fsp3) is 0.500. The normalized spacial score (nSPS) is 14.3. The lowest BCUT2D eigenvalue weighted by molar-refractivity contribution is 0.956. The van der Waals surface area contributed by atoms with Gasteiger partial charge in [-0.3, -0.25) is 0 Å². The van der Waals surface area contributed by atoms with Gasteiger partial charge in [0.2, 0.25) is 0 Å². The van der Waals surface area contributed by atoms with E-state index in [-0.39, 0.29) is 0 Å². The number of nitrogens with zero attached hydrogens (tertiary/aromatic N) is 1. The predicted molar refractivity (Wildman–Crippen MR) is 78.9 cm³/mol. The Kier molecular flexibility index (Phi) is 5.27. The van der Waals surface area contributed by atoms with Gasteiger partial charge in [-0.25, -0.2) is 0 Å². The molecule has 3 rings (SSSR count). The average molecular weight is 231 g/mol. The van der Waals surface area contributed by atoms with Crippen molar-refractivity contribution >= 4 is 11.8 Å². The molecule has 1 aliphatic carbocycles. The van der Waals surface area contributed by atoms with Gasteiger partial charge in [0, 0.05) is 19.3 Å². The molecule has 0 spiro atoms. The highest BCUT2D eigenvalue weighted by Gasteiger charge is 2.18. The monoisotopic (exact) mass is 231 g/mol. The summed E-state index contributed by atoms with van der Waals surface area (Å²) < 4.78 is 0. The highest BCUT2D eigenvalue weighted by atomic mass is 15.1. The van der Waals surface area contributed by atoms with Gasteiger partial charge in [-0.1, -0.05) is 45.9 Å². The van der Waals surface area contributed by atoms with Gasteiger partial charge in [0.1, 0.15) is 0 Å². The van der Waals surface area contributed by atoms with Gasteiger partial charge < -0.3 is 4.90 Å². The predicted octanol–water partition coefficient (Wildman–Crippen LogP) is 4.30. The largest absolute Gasteiger partial charge is 0.374 e. The molecular formula is C16H25N. The highest BCUT2D eigenvalue weighted by Crippen LogP contribution is 2.32. The average Bonchev–Trinajstić information content (AvgIpc) is 2.99. The summed E-state index contributed by atoms with van der Waals surface area (Å²) in [4.78, 5) is 2.35. The van der Waals surface area contributed by atoms with Crippen LogP contribution in [0.25, 0.3) is 6.08 Å². The molecule has 0 radical (unpaired) electrons. The maximum Gasteiger partial charge on any atom is 0.0403 e. The van der Waals surface area contributed by atoms with E-state index in [9.17, 15) is 0 Å². The minimum atomic E-state index is 1.13. The number of benzene rings is 1. The second-order valence-electron chi connectivity index (χ2n) is 3.96. The Bertz CT molecular complexity index is 391. The molecule has 0 unspecified atom stereocenters. The molecule has 0 fully saturated rings. The summed E-state index contributed by atoms with van der Waals surface area (Å²) in [5, 5.41) is 0. The molecule has 1 nitrogen and oxygen atoms in total. The molecule has 0 bridgehead atoms. The molecular weight excluding hydrogens is 206 g/mol. The number of allylic oxidation sites excluding steroid dienone is 1. The molecule has 1 heterocycles. The third-order valence-electron chi connectivity index (χ3n) is 3.10. The Balaban J connectivity index is 0.000000330. The molecule has 0 amide bonds. The Hall–Kier alpha value is -1.24. The lowest BCUT2D eigenvalue weighted by Crippen LogP contribution is -2.12. The van der Waals surface area contributed by atoms with Crippen molar-refractivity contribution in [1.29, 1.82) is 0 Å². The molecule has 1 aromatic carbocycles. The van der Waals surface area contributed by atoms with Crippen molar-refractivity contribution in [3.05, 3.63) is 34.9 Å². The third-order valence-corrected chi connectivity index (χ3v) is 3.10. The van der Waals surface area contributed by atoms with Crippen molar-refractivity contribution < 1.29 is 0 Å². The molecule has 0 atom stereocenters. The Labute approximate surface area is 106 Å². The van der Waals surface area contributed by atoms with E-state index >= 15 is 0 Å². The molecule has 0 saturated carbocycles. The lowest BCUT2D eigenvalue weighted by Gasteiger charge is -2.12. The van der Waals surface area contributed by atoms with E-state index in [0.29, 0.717) is 0 Å². The van der Waals surface area contributed by atoms with E-state index in [4.69, 9.17) is 0 Å². The fourth-order valence-corrected chi connectivity index (χ4v) is 2.31. The fourth-order valence-electron chi connectivity index (χ4n) is 2.31. The molecule has 0 saturated heterocycles. The quantitative estimate of drug-likeness (QED) is 0.643. The van der Waals surface area contributed by atoms with E-state index in [1.165, 1.54) is 35.3 Å². The minimum absolute atomic E-state index is 1.13. The van der Waals surface area contributed by atoms with Crippen LogP contribution in [0.4, 0.5) is 5.69 Å². The first-order chi connectivity index (χ1) is 8.34. The van der Waals surface area contributed by atoms with E-state index in [1.807, 2.05) is 27.7 Å². The molecule has 2 aliphatic rings. The summed E-state index contributed by atoms with van der Waals surface area (Å²) in [7, 11) is 2.18. The summed E-state index contributed by atoms with van der Waals surface area (Å²) in [6.45, 7) is 9.18. The smallest absolute Gasteiger partial charge is 0.0403 e. The van der Waals surface area contributed by atoms with Crippen LogP contribution >= 0.6 is 0 Å². The van der Waals surface area contributed by atoms with E-state index in [2.05, 4.69) is 36.2 Å². The maximum atomic E-state index is 2.38. The molecule has 0 N–H and O–H groups in total. The number of rotatable bonds is 0. The van der Waals surface area contributed by atoms with Crippen LogP contribution in [0.3, 0.4) is 0 Å². The van der Waals surface area contributed by atoms with Gasteiger partial charge >= 0.3 is 0 Å². The molecule has 94 valence electrons. The zero-order valence-corrected chi connectivity index (χ0v) is 11.9. The van der Waals surface area contributed by atoms with Crippen molar-refractivity contribution in [2.45, 2.75) is 40.5 Å². The molecule has 17 heavy (non-hydrogen) atoms. The standard InChI is InChI=1S/C12H13N.2C2H6/c1-13-6-5-11-7-9-3-2-4-10(9)8-12(11)13;2*1-2/h2,4,7-8H,3,5-6H2,1H3;2*1-2H3. The van der Waals surface area contributed by atoms with Gasteiger partial charge in [-0.05, 0) is 35.6 Å².